The predicted octanol–water partition coefficient (Wildman–Crippen LogP) is -1.44. The van der Waals surface area contributed by atoms with E-state index >= 15 is 0 Å². The van der Waals surface area contributed by atoms with Crippen LogP contribution in [0.3, 0.4) is 0 Å². The lowest BCUT2D eigenvalue weighted by Crippen LogP contribution is -2.45. The molecule has 2 unspecified atom stereocenters. The number of carbonyl (C=O) groups is 4. The zero-order chi connectivity index (χ0) is 18.7. The van der Waals surface area contributed by atoms with Gasteiger partial charge < -0.3 is 26.2 Å². The lowest BCUT2D eigenvalue weighted by molar-refractivity contribution is -0.146. The number of carboxylic acid groups (broad SMARTS) is 1. The predicted molar refractivity (Wildman–Crippen MR) is 89.7 cm³/mol. The van der Waals surface area contributed by atoms with Crippen LogP contribution in [0.1, 0.15) is 20.3 Å². The van der Waals surface area contributed by atoms with Gasteiger partial charge in [-0.3, -0.25) is 19.2 Å². The Morgan fingerprint density at radius 3 is 2.33 bits per heavy atom. The fraction of sp³-hybridized carbons (Fsp3) is 0.714. The van der Waals surface area contributed by atoms with Crippen LogP contribution >= 0.6 is 12.6 Å². The van der Waals surface area contributed by atoms with Crippen molar-refractivity contribution in [3.63, 3.8) is 0 Å². The Kier molecular flexibility index (Phi) is 11.0. The monoisotopic (exact) mass is 363 g/mol. The number of amides is 2. The van der Waals surface area contributed by atoms with Gasteiger partial charge in [0.15, 0.2) is 5.78 Å². The molecule has 3 atom stereocenters. The highest BCUT2D eigenvalue weighted by molar-refractivity contribution is 7.81. The molecular weight excluding hydrogens is 338 g/mol. The van der Waals surface area contributed by atoms with Crippen molar-refractivity contribution in [3.05, 3.63) is 0 Å². The minimum Gasteiger partial charge on any atom is -0.481 e. The number of hydrogen-bond donors (Lipinski definition) is 5. The Morgan fingerprint density at radius 1 is 1.21 bits per heavy atom. The van der Waals surface area contributed by atoms with E-state index in [4.69, 9.17) is 15.6 Å². The fourth-order valence-corrected chi connectivity index (χ4v) is 1.98. The third-order valence-electron chi connectivity index (χ3n) is 3.17. The standard InChI is InChI=1S/C14H25N3O6S/c1-3-23-8(2)12(24)13(20)17-7-11(19)16-6-10(18)9(4-5-15)14(21)22/h8-9,12,24H,3-7,15H2,1-2H3,(H,16,19)(H,17,20)(H,21,22)/t8?,9-,12?/m0/s1. The van der Waals surface area contributed by atoms with Crippen LogP contribution in [0.15, 0.2) is 0 Å². The molecule has 5 N–H and O–H groups in total. The van der Waals surface area contributed by atoms with Gasteiger partial charge in [-0.1, -0.05) is 0 Å². The fourth-order valence-electron chi connectivity index (χ4n) is 1.80. The number of carboxylic acids is 1. The molecule has 2 amide bonds. The molecule has 0 aromatic heterocycles. The summed E-state index contributed by atoms with van der Waals surface area (Å²) in [4.78, 5) is 46.0. The van der Waals surface area contributed by atoms with Gasteiger partial charge in [-0.05, 0) is 26.8 Å². The number of rotatable bonds is 12. The van der Waals surface area contributed by atoms with E-state index in [1.54, 1.807) is 13.8 Å². The Balaban J connectivity index is 4.24. The number of thiol groups is 1. The lowest BCUT2D eigenvalue weighted by atomic mass is 10.0. The summed E-state index contributed by atoms with van der Waals surface area (Å²) in [6, 6.07) is 0. The lowest BCUT2D eigenvalue weighted by Gasteiger charge is -2.18. The molecule has 24 heavy (non-hydrogen) atoms. The third-order valence-corrected chi connectivity index (χ3v) is 3.82. The van der Waals surface area contributed by atoms with Crippen molar-refractivity contribution in [3.8, 4) is 0 Å². The van der Waals surface area contributed by atoms with Crippen LogP contribution in [0.4, 0.5) is 0 Å². The Hall–Kier alpha value is -1.65. The summed E-state index contributed by atoms with van der Waals surface area (Å²) >= 11 is 4.11. The highest BCUT2D eigenvalue weighted by Gasteiger charge is 2.25. The highest BCUT2D eigenvalue weighted by atomic mass is 32.1. The van der Waals surface area contributed by atoms with Gasteiger partial charge in [0.05, 0.1) is 19.2 Å². The number of carbonyl (C=O) groups excluding carboxylic acids is 3. The van der Waals surface area contributed by atoms with Crippen molar-refractivity contribution in [1.29, 1.82) is 0 Å². The minimum absolute atomic E-state index is 0.00256. The van der Waals surface area contributed by atoms with E-state index in [0.29, 0.717) is 6.61 Å². The van der Waals surface area contributed by atoms with Crippen LogP contribution in [0.25, 0.3) is 0 Å². The molecule has 0 aliphatic heterocycles. The van der Waals surface area contributed by atoms with Crippen molar-refractivity contribution in [2.24, 2.45) is 11.7 Å². The van der Waals surface area contributed by atoms with Crippen LogP contribution in [-0.2, 0) is 23.9 Å². The smallest absolute Gasteiger partial charge is 0.314 e. The molecule has 0 fully saturated rings. The van der Waals surface area contributed by atoms with Gasteiger partial charge in [-0.25, -0.2) is 0 Å². The molecule has 0 radical (unpaired) electrons. The summed E-state index contributed by atoms with van der Waals surface area (Å²) in [6.07, 6.45) is -0.423. The SMILES string of the molecule is CCOC(C)C(S)C(=O)NCC(=O)NCC(=O)[C@H](CCN)C(=O)O. The number of aliphatic carboxylic acids is 1. The van der Waals surface area contributed by atoms with Crippen molar-refractivity contribution < 1.29 is 29.0 Å². The van der Waals surface area contributed by atoms with E-state index in [9.17, 15) is 19.2 Å². The van der Waals surface area contributed by atoms with Crippen molar-refractivity contribution in [1.82, 2.24) is 10.6 Å². The first-order valence-corrected chi connectivity index (χ1v) is 8.05. The van der Waals surface area contributed by atoms with E-state index in [2.05, 4.69) is 23.3 Å². The first kappa shape index (κ1) is 22.4. The van der Waals surface area contributed by atoms with Gasteiger partial charge in [-0.15, -0.1) is 0 Å². The summed E-state index contributed by atoms with van der Waals surface area (Å²) in [6.45, 7) is 3.16. The Labute approximate surface area is 146 Å². The molecule has 0 bridgehead atoms. The number of hydrogen-bond acceptors (Lipinski definition) is 7. The van der Waals surface area contributed by atoms with E-state index in [1.165, 1.54) is 0 Å². The maximum atomic E-state index is 11.8. The van der Waals surface area contributed by atoms with Gasteiger partial charge in [0, 0.05) is 6.61 Å². The number of nitrogens with two attached hydrogens (primary N) is 1. The van der Waals surface area contributed by atoms with Crippen LogP contribution in [0.2, 0.25) is 0 Å². The third kappa shape index (κ3) is 8.27. The van der Waals surface area contributed by atoms with Gasteiger partial charge in [0.25, 0.3) is 0 Å². The Morgan fingerprint density at radius 2 is 1.83 bits per heavy atom. The van der Waals surface area contributed by atoms with Gasteiger partial charge in [0.1, 0.15) is 11.2 Å². The second-order valence-corrected chi connectivity index (χ2v) is 5.59. The quantitative estimate of drug-likeness (QED) is 0.211. The van der Waals surface area contributed by atoms with Crippen LogP contribution < -0.4 is 16.4 Å². The van der Waals surface area contributed by atoms with E-state index in [1.807, 2.05) is 0 Å². The number of nitrogens with one attached hydrogen (secondary N) is 2. The average Bonchev–Trinajstić information content (AvgIpc) is 2.54. The van der Waals surface area contributed by atoms with Gasteiger partial charge >= 0.3 is 5.97 Å². The number of ketones is 1. The first-order valence-electron chi connectivity index (χ1n) is 7.54. The molecule has 0 rings (SSSR count). The summed E-state index contributed by atoms with van der Waals surface area (Å²) in [7, 11) is 0. The van der Waals surface area contributed by atoms with E-state index in [-0.39, 0.29) is 19.5 Å². The maximum absolute atomic E-state index is 11.8. The normalized spacial score (nSPS) is 14.3. The molecule has 0 spiro atoms. The summed E-state index contributed by atoms with van der Waals surface area (Å²) < 4.78 is 5.23. The van der Waals surface area contributed by atoms with Crippen LogP contribution in [-0.4, -0.2) is 66.3 Å². The van der Waals surface area contributed by atoms with Crippen molar-refractivity contribution in [2.45, 2.75) is 31.6 Å². The van der Waals surface area contributed by atoms with Crippen molar-refractivity contribution >= 4 is 36.2 Å². The zero-order valence-electron chi connectivity index (χ0n) is 13.8. The highest BCUT2D eigenvalue weighted by Crippen LogP contribution is 2.06. The molecule has 10 heteroatoms. The van der Waals surface area contributed by atoms with Crippen molar-refractivity contribution in [2.75, 3.05) is 26.2 Å². The van der Waals surface area contributed by atoms with E-state index < -0.39 is 47.4 Å². The maximum Gasteiger partial charge on any atom is 0.314 e. The molecule has 0 aliphatic carbocycles. The van der Waals surface area contributed by atoms with Crippen LogP contribution in [0.5, 0.6) is 0 Å². The summed E-state index contributed by atoms with van der Waals surface area (Å²) in [5.74, 6) is -4.27. The Bertz CT molecular complexity index is 460. The molecule has 0 heterocycles. The molecule has 9 nitrogen and oxygen atoms in total. The zero-order valence-corrected chi connectivity index (χ0v) is 14.7. The number of ether oxygens (including phenoxy) is 1. The molecule has 0 saturated heterocycles. The number of Topliss-reactive ketones (excluding diaryl/α,β-unsaturated/α-hetero) is 1. The second-order valence-electron chi connectivity index (χ2n) is 5.03. The molecule has 138 valence electrons. The molecular formula is C14H25N3O6S. The minimum atomic E-state index is -1.28. The summed E-state index contributed by atoms with van der Waals surface area (Å²) in [5, 5.41) is 12.8. The van der Waals surface area contributed by atoms with Crippen LogP contribution in [0, 0.1) is 5.92 Å². The summed E-state index contributed by atoms with van der Waals surface area (Å²) in [5.41, 5.74) is 5.25. The van der Waals surface area contributed by atoms with Gasteiger partial charge in [-0.2, -0.15) is 12.6 Å². The molecule has 0 aromatic rings. The van der Waals surface area contributed by atoms with E-state index in [0.717, 1.165) is 0 Å². The largest absolute Gasteiger partial charge is 0.481 e. The molecule has 0 saturated carbocycles. The van der Waals surface area contributed by atoms with Gasteiger partial charge in [0.2, 0.25) is 11.8 Å². The second kappa shape index (κ2) is 11.8. The molecule has 0 aromatic carbocycles. The first-order chi connectivity index (χ1) is 11.2. The topological polar surface area (TPSA) is 148 Å². The average molecular weight is 363 g/mol. The molecule has 0 aliphatic rings.